The second-order valence-electron chi connectivity index (χ2n) is 4.49. The Hall–Kier alpha value is -0.860. The van der Waals surface area contributed by atoms with Gasteiger partial charge >= 0.3 is 0 Å². The number of nitrogens with zero attached hydrogens (tertiary/aromatic N) is 1. The van der Waals surface area contributed by atoms with Crippen molar-refractivity contribution in [3.63, 3.8) is 0 Å². The molecule has 0 saturated carbocycles. The number of hydrogen-bond donors (Lipinski definition) is 1. The van der Waals surface area contributed by atoms with E-state index in [9.17, 15) is 0 Å². The van der Waals surface area contributed by atoms with E-state index < -0.39 is 0 Å². The molecule has 0 amide bonds. The largest absolute Gasteiger partial charge is 0.396 e. The second kappa shape index (κ2) is 5.46. The Bertz CT molecular complexity index is 337. The lowest BCUT2D eigenvalue weighted by Crippen LogP contribution is -2.36. The third-order valence-corrected chi connectivity index (χ3v) is 3.51. The molecule has 0 aliphatic carbocycles. The van der Waals surface area contributed by atoms with Crippen LogP contribution in [-0.2, 0) is 6.42 Å². The fourth-order valence-corrected chi connectivity index (χ4v) is 2.72. The van der Waals surface area contributed by atoms with Crippen LogP contribution in [0.5, 0.6) is 0 Å². The summed E-state index contributed by atoms with van der Waals surface area (Å²) in [6.07, 6.45) is 3.19. The molecule has 1 aliphatic heterocycles. The zero-order chi connectivity index (χ0) is 11.4. The van der Waals surface area contributed by atoms with Gasteiger partial charge in [-0.15, -0.1) is 0 Å². The van der Waals surface area contributed by atoms with Gasteiger partial charge in [-0.1, -0.05) is 31.2 Å². The van der Waals surface area contributed by atoms with Crippen molar-refractivity contribution < 1.29 is 5.11 Å². The van der Waals surface area contributed by atoms with Crippen LogP contribution in [-0.4, -0.2) is 29.7 Å². The van der Waals surface area contributed by atoms with Gasteiger partial charge in [-0.2, -0.15) is 0 Å². The third-order valence-electron chi connectivity index (χ3n) is 3.51. The summed E-state index contributed by atoms with van der Waals surface area (Å²) in [5.41, 5.74) is 3.00. The minimum Gasteiger partial charge on any atom is -0.396 e. The molecule has 2 rings (SSSR count). The van der Waals surface area contributed by atoms with E-state index in [4.69, 9.17) is 5.11 Å². The lowest BCUT2D eigenvalue weighted by molar-refractivity contribution is 0.160. The number of rotatable bonds is 4. The van der Waals surface area contributed by atoms with Gasteiger partial charge in [0.15, 0.2) is 0 Å². The summed E-state index contributed by atoms with van der Waals surface area (Å²) in [6, 6.07) is 9.33. The predicted molar refractivity (Wildman–Crippen MR) is 66.5 cm³/mol. The first-order valence-electron chi connectivity index (χ1n) is 6.29. The van der Waals surface area contributed by atoms with E-state index in [2.05, 4.69) is 36.1 Å². The Balaban J connectivity index is 2.16. The van der Waals surface area contributed by atoms with Crippen LogP contribution in [0.2, 0.25) is 0 Å². The van der Waals surface area contributed by atoms with Crippen LogP contribution in [0.25, 0.3) is 0 Å². The van der Waals surface area contributed by atoms with Gasteiger partial charge in [0, 0.05) is 25.7 Å². The average Bonchev–Trinajstić information content (AvgIpc) is 2.35. The van der Waals surface area contributed by atoms with Crippen molar-refractivity contribution in [2.45, 2.75) is 32.2 Å². The van der Waals surface area contributed by atoms with Crippen LogP contribution in [0.4, 0.5) is 0 Å². The monoisotopic (exact) mass is 219 g/mol. The van der Waals surface area contributed by atoms with Crippen molar-refractivity contribution in [1.82, 2.24) is 4.90 Å². The summed E-state index contributed by atoms with van der Waals surface area (Å²) in [5.74, 6) is 0. The molecule has 0 bridgehead atoms. The van der Waals surface area contributed by atoms with Gasteiger partial charge in [-0.3, -0.25) is 4.90 Å². The van der Waals surface area contributed by atoms with E-state index in [-0.39, 0.29) is 0 Å². The molecule has 0 radical (unpaired) electrons. The zero-order valence-electron chi connectivity index (χ0n) is 10.0. The summed E-state index contributed by atoms with van der Waals surface area (Å²) >= 11 is 0. The lowest BCUT2D eigenvalue weighted by Gasteiger charge is -2.36. The van der Waals surface area contributed by atoms with Crippen LogP contribution < -0.4 is 0 Å². The molecule has 2 nitrogen and oxygen atoms in total. The van der Waals surface area contributed by atoms with E-state index in [0.717, 1.165) is 32.4 Å². The topological polar surface area (TPSA) is 23.5 Å². The molecule has 88 valence electrons. The Morgan fingerprint density at radius 3 is 2.94 bits per heavy atom. The highest BCUT2D eigenvalue weighted by molar-refractivity contribution is 5.32. The quantitative estimate of drug-likeness (QED) is 0.840. The first kappa shape index (κ1) is 11.6. The molecular formula is C14H21NO. The molecule has 0 fully saturated rings. The molecule has 2 heteroatoms. The van der Waals surface area contributed by atoms with Gasteiger partial charge in [-0.25, -0.2) is 0 Å². The van der Waals surface area contributed by atoms with E-state index >= 15 is 0 Å². The van der Waals surface area contributed by atoms with Gasteiger partial charge in [0.05, 0.1) is 0 Å². The van der Waals surface area contributed by atoms with Crippen molar-refractivity contribution in [3.05, 3.63) is 35.4 Å². The molecule has 16 heavy (non-hydrogen) atoms. The second-order valence-corrected chi connectivity index (χ2v) is 4.49. The van der Waals surface area contributed by atoms with E-state index in [1.54, 1.807) is 0 Å². The van der Waals surface area contributed by atoms with Gasteiger partial charge in [0.1, 0.15) is 0 Å². The van der Waals surface area contributed by atoms with Crippen molar-refractivity contribution in [1.29, 1.82) is 0 Å². The highest BCUT2D eigenvalue weighted by atomic mass is 16.3. The Morgan fingerprint density at radius 1 is 1.38 bits per heavy atom. The summed E-state index contributed by atoms with van der Waals surface area (Å²) in [4.78, 5) is 2.51. The molecule has 0 aromatic heterocycles. The molecule has 1 unspecified atom stereocenters. The molecule has 1 aromatic carbocycles. The summed E-state index contributed by atoms with van der Waals surface area (Å²) in [5, 5.41) is 8.92. The molecule has 1 N–H and O–H groups in total. The van der Waals surface area contributed by atoms with Crippen molar-refractivity contribution in [2.75, 3.05) is 19.7 Å². The van der Waals surface area contributed by atoms with Gasteiger partial charge < -0.3 is 5.11 Å². The van der Waals surface area contributed by atoms with Crippen molar-refractivity contribution in [2.24, 2.45) is 0 Å². The lowest BCUT2D eigenvalue weighted by atomic mass is 9.91. The van der Waals surface area contributed by atoms with Crippen LogP contribution in [0.3, 0.4) is 0 Å². The van der Waals surface area contributed by atoms with Crippen LogP contribution in [0.15, 0.2) is 24.3 Å². The molecular weight excluding hydrogens is 198 g/mol. The number of hydrogen-bond acceptors (Lipinski definition) is 2. The van der Waals surface area contributed by atoms with E-state index in [0.29, 0.717) is 12.6 Å². The Labute approximate surface area is 97.9 Å². The van der Waals surface area contributed by atoms with Crippen LogP contribution >= 0.6 is 0 Å². The van der Waals surface area contributed by atoms with Crippen LogP contribution in [0.1, 0.15) is 36.9 Å². The third kappa shape index (κ3) is 2.28. The van der Waals surface area contributed by atoms with Crippen LogP contribution in [0, 0.1) is 0 Å². The smallest absolute Gasteiger partial charge is 0.0443 e. The number of aliphatic hydroxyl groups is 1. The SMILES string of the molecule is CCC1c2ccccc2CCN1CCCO. The standard InChI is InChI=1S/C14H21NO/c1-2-14-13-7-4-3-6-12(13)8-10-15(14)9-5-11-16/h3-4,6-7,14,16H,2,5,8-11H2,1H3. The fraction of sp³-hybridized carbons (Fsp3) is 0.571. The minimum absolute atomic E-state index is 0.300. The van der Waals surface area contributed by atoms with Gasteiger partial charge in [0.25, 0.3) is 0 Å². The highest BCUT2D eigenvalue weighted by Gasteiger charge is 2.24. The highest BCUT2D eigenvalue weighted by Crippen LogP contribution is 2.31. The predicted octanol–water partition coefficient (Wildman–Crippen LogP) is 2.38. The summed E-state index contributed by atoms with van der Waals surface area (Å²) in [7, 11) is 0. The number of aliphatic hydroxyl groups excluding tert-OH is 1. The maximum Gasteiger partial charge on any atom is 0.0443 e. The minimum atomic E-state index is 0.300. The molecule has 1 heterocycles. The van der Waals surface area contributed by atoms with E-state index in [1.807, 2.05) is 0 Å². The fourth-order valence-electron chi connectivity index (χ4n) is 2.72. The van der Waals surface area contributed by atoms with Crippen molar-refractivity contribution >= 4 is 0 Å². The average molecular weight is 219 g/mol. The number of fused-ring (bicyclic) bond motifs is 1. The first-order valence-corrected chi connectivity index (χ1v) is 6.29. The molecule has 1 aromatic rings. The maximum absolute atomic E-state index is 8.92. The van der Waals surface area contributed by atoms with Gasteiger partial charge in [0.2, 0.25) is 0 Å². The number of benzene rings is 1. The summed E-state index contributed by atoms with van der Waals surface area (Å²) in [6.45, 7) is 4.70. The molecule has 1 atom stereocenters. The summed E-state index contributed by atoms with van der Waals surface area (Å²) < 4.78 is 0. The zero-order valence-corrected chi connectivity index (χ0v) is 10.0. The van der Waals surface area contributed by atoms with Gasteiger partial charge in [-0.05, 0) is 30.4 Å². The Morgan fingerprint density at radius 2 is 2.19 bits per heavy atom. The molecule has 0 saturated heterocycles. The molecule has 0 spiro atoms. The van der Waals surface area contributed by atoms with Crippen molar-refractivity contribution in [3.8, 4) is 0 Å². The maximum atomic E-state index is 8.92. The normalized spacial score (nSPS) is 20.8. The molecule has 1 aliphatic rings. The Kier molecular flexibility index (Phi) is 3.97. The first-order chi connectivity index (χ1) is 7.86. The van der Waals surface area contributed by atoms with E-state index in [1.165, 1.54) is 11.1 Å².